The summed E-state index contributed by atoms with van der Waals surface area (Å²) in [5.74, 6) is 2.52. The summed E-state index contributed by atoms with van der Waals surface area (Å²) >= 11 is 0. The SMILES string of the molecule is CCCCCN(Cc1nc(-c2ccc(OC)c(OC)c2)no1)C(C)C. The molecular weight excluding hydrogens is 318 g/mol. The van der Waals surface area contributed by atoms with Gasteiger partial charge in [0.15, 0.2) is 11.5 Å². The van der Waals surface area contributed by atoms with Gasteiger partial charge in [-0.05, 0) is 45.0 Å². The molecule has 0 atom stereocenters. The lowest BCUT2D eigenvalue weighted by Gasteiger charge is -2.24. The first kappa shape index (κ1) is 19.2. The number of ether oxygens (including phenoxy) is 2. The Morgan fingerprint density at radius 3 is 2.52 bits per heavy atom. The van der Waals surface area contributed by atoms with Crippen LogP contribution in [-0.2, 0) is 6.54 Å². The highest BCUT2D eigenvalue weighted by atomic mass is 16.5. The third kappa shape index (κ3) is 5.19. The van der Waals surface area contributed by atoms with Gasteiger partial charge in [-0.25, -0.2) is 0 Å². The van der Waals surface area contributed by atoms with E-state index in [2.05, 4.69) is 35.8 Å². The van der Waals surface area contributed by atoms with E-state index >= 15 is 0 Å². The maximum absolute atomic E-state index is 5.46. The molecule has 6 nitrogen and oxygen atoms in total. The van der Waals surface area contributed by atoms with Crippen LogP contribution < -0.4 is 9.47 Å². The van der Waals surface area contributed by atoms with Crippen LogP contribution >= 0.6 is 0 Å². The Balaban J connectivity index is 2.10. The van der Waals surface area contributed by atoms with Crippen LogP contribution in [0, 0.1) is 0 Å². The Labute approximate surface area is 150 Å². The highest BCUT2D eigenvalue weighted by molar-refractivity contribution is 5.60. The second kappa shape index (κ2) is 9.42. The van der Waals surface area contributed by atoms with Crippen molar-refractivity contribution in [3.8, 4) is 22.9 Å². The fourth-order valence-corrected chi connectivity index (χ4v) is 2.67. The predicted molar refractivity (Wildman–Crippen MR) is 97.9 cm³/mol. The van der Waals surface area contributed by atoms with Gasteiger partial charge >= 0.3 is 0 Å². The average Bonchev–Trinajstić information content (AvgIpc) is 3.08. The highest BCUT2D eigenvalue weighted by Gasteiger charge is 2.16. The van der Waals surface area contributed by atoms with Gasteiger partial charge in [-0.2, -0.15) is 4.98 Å². The van der Waals surface area contributed by atoms with Gasteiger partial charge in [-0.3, -0.25) is 4.90 Å². The maximum Gasteiger partial charge on any atom is 0.241 e. The van der Waals surface area contributed by atoms with Crippen molar-refractivity contribution in [3.05, 3.63) is 24.1 Å². The second-order valence-electron chi connectivity index (χ2n) is 6.35. The van der Waals surface area contributed by atoms with Crippen molar-refractivity contribution in [2.45, 2.75) is 52.6 Å². The third-order valence-electron chi connectivity index (χ3n) is 4.23. The molecule has 0 aliphatic rings. The molecule has 0 saturated carbocycles. The molecular formula is C19H29N3O3. The first-order chi connectivity index (χ1) is 12.1. The van der Waals surface area contributed by atoms with Gasteiger partial charge in [-0.15, -0.1) is 0 Å². The smallest absolute Gasteiger partial charge is 0.241 e. The zero-order chi connectivity index (χ0) is 18.2. The van der Waals surface area contributed by atoms with E-state index in [1.165, 1.54) is 19.3 Å². The minimum Gasteiger partial charge on any atom is -0.493 e. The lowest BCUT2D eigenvalue weighted by molar-refractivity contribution is 0.181. The summed E-state index contributed by atoms with van der Waals surface area (Å²) in [6.45, 7) is 8.31. The summed E-state index contributed by atoms with van der Waals surface area (Å²) in [5, 5.41) is 4.12. The van der Waals surface area contributed by atoms with Crippen molar-refractivity contribution < 1.29 is 14.0 Å². The normalized spacial score (nSPS) is 11.3. The Morgan fingerprint density at radius 2 is 1.88 bits per heavy atom. The van der Waals surface area contributed by atoms with Gasteiger partial charge in [0.2, 0.25) is 11.7 Å². The van der Waals surface area contributed by atoms with Crippen LogP contribution in [0.1, 0.15) is 45.9 Å². The van der Waals surface area contributed by atoms with Crippen molar-refractivity contribution in [2.24, 2.45) is 0 Å². The molecule has 1 aromatic heterocycles. The minimum absolute atomic E-state index is 0.438. The van der Waals surface area contributed by atoms with E-state index in [9.17, 15) is 0 Å². The van der Waals surface area contributed by atoms with Crippen LogP contribution in [0.3, 0.4) is 0 Å². The molecule has 1 heterocycles. The van der Waals surface area contributed by atoms with Crippen molar-refractivity contribution in [3.63, 3.8) is 0 Å². The molecule has 0 fully saturated rings. The van der Waals surface area contributed by atoms with Crippen molar-refractivity contribution in [1.29, 1.82) is 0 Å². The Hall–Kier alpha value is -2.08. The first-order valence-electron chi connectivity index (χ1n) is 8.88. The topological polar surface area (TPSA) is 60.6 Å². The number of aromatic nitrogens is 2. The average molecular weight is 347 g/mol. The van der Waals surface area contributed by atoms with Crippen molar-refractivity contribution in [1.82, 2.24) is 15.0 Å². The van der Waals surface area contributed by atoms with E-state index in [1.54, 1.807) is 14.2 Å². The summed E-state index contributed by atoms with van der Waals surface area (Å²) in [6.07, 6.45) is 3.64. The Bertz CT molecular complexity index is 655. The van der Waals surface area contributed by atoms with Crippen LogP contribution in [0.2, 0.25) is 0 Å². The largest absolute Gasteiger partial charge is 0.493 e. The van der Waals surface area contributed by atoms with Gasteiger partial charge in [0, 0.05) is 11.6 Å². The van der Waals surface area contributed by atoms with E-state index in [0.29, 0.717) is 35.8 Å². The quantitative estimate of drug-likeness (QED) is 0.602. The molecule has 25 heavy (non-hydrogen) atoms. The number of hydrogen-bond acceptors (Lipinski definition) is 6. The molecule has 0 saturated heterocycles. The monoisotopic (exact) mass is 347 g/mol. The summed E-state index contributed by atoms with van der Waals surface area (Å²) < 4.78 is 16.1. The van der Waals surface area contributed by atoms with Crippen LogP contribution in [0.4, 0.5) is 0 Å². The Morgan fingerprint density at radius 1 is 1.12 bits per heavy atom. The third-order valence-corrected chi connectivity index (χ3v) is 4.23. The molecule has 0 amide bonds. The predicted octanol–water partition coefficient (Wildman–Crippen LogP) is 4.15. The number of rotatable bonds is 10. The van der Waals surface area contributed by atoms with E-state index in [-0.39, 0.29) is 0 Å². The van der Waals surface area contributed by atoms with Crippen LogP contribution in [0.5, 0.6) is 11.5 Å². The van der Waals surface area contributed by atoms with Crippen LogP contribution in [0.25, 0.3) is 11.4 Å². The van der Waals surface area contributed by atoms with Gasteiger partial charge in [0.25, 0.3) is 0 Å². The first-order valence-corrected chi connectivity index (χ1v) is 8.88. The lowest BCUT2D eigenvalue weighted by atomic mass is 10.2. The molecule has 0 aliphatic carbocycles. The number of hydrogen-bond donors (Lipinski definition) is 0. The van der Waals surface area contributed by atoms with Crippen LogP contribution in [-0.4, -0.2) is 41.8 Å². The van der Waals surface area contributed by atoms with E-state index in [1.807, 2.05) is 18.2 Å². The number of benzene rings is 1. The van der Waals surface area contributed by atoms with E-state index in [4.69, 9.17) is 14.0 Å². The lowest BCUT2D eigenvalue weighted by Crippen LogP contribution is -2.31. The summed E-state index contributed by atoms with van der Waals surface area (Å²) in [4.78, 5) is 6.91. The molecule has 6 heteroatoms. The summed E-state index contributed by atoms with van der Waals surface area (Å²) in [7, 11) is 3.23. The zero-order valence-corrected chi connectivity index (χ0v) is 15.9. The van der Waals surface area contributed by atoms with Crippen molar-refractivity contribution >= 4 is 0 Å². The molecule has 0 radical (unpaired) electrons. The Kier molecular flexibility index (Phi) is 7.25. The molecule has 0 bridgehead atoms. The summed E-state index contributed by atoms with van der Waals surface area (Å²) in [5.41, 5.74) is 0.842. The molecule has 0 unspecified atom stereocenters. The zero-order valence-electron chi connectivity index (χ0n) is 15.9. The molecule has 0 N–H and O–H groups in total. The molecule has 138 valence electrons. The highest BCUT2D eigenvalue weighted by Crippen LogP contribution is 2.31. The fourth-order valence-electron chi connectivity index (χ4n) is 2.67. The molecule has 1 aromatic carbocycles. The molecule has 0 spiro atoms. The molecule has 2 rings (SSSR count). The fraction of sp³-hybridized carbons (Fsp3) is 0.579. The van der Waals surface area contributed by atoms with Gasteiger partial charge in [0.05, 0.1) is 20.8 Å². The molecule has 2 aromatic rings. The van der Waals surface area contributed by atoms with Gasteiger partial charge in [-0.1, -0.05) is 24.9 Å². The number of methoxy groups -OCH3 is 2. The standard InChI is InChI=1S/C19H29N3O3/c1-6-7-8-11-22(14(2)3)13-18-20-19(21-25-18)15-9-10-16(23-4)17(12-15)24-5/h9-10,12,14H,6-8,11,13H2,1-5H3. The number of unbranched alkanes of at least 4 members (excludes halogenated alkanes) is 2. The maximum atomic E-state index is 5.46. The van der Waals surface area contributed by atoms with E-state index in [0.717, 1.165) is 12.1 Å². The van der Waals surface area contributed by atoms with Crippen LogP contribution in [0.15, 0.2) is 22.7 Å². The van der Waals surface area contributed by atoms with E-state index < -0.39 is 0 Å². The van der Waals surface area contributed by atoms with Gasteiger partial charge < -0.3 is 14.0 Å². The number of nitrogens with zero attached hydrogens (tertiary/aromatic N) is 3. The van der Waals surface area contributed by atoms with Crippen molar-refractivity contribution in [2.75, 3.05) is 20.8 Å². The second-order valence-corrected chi connectivity index (χ2v) is 6.35. The minimum atomic E-state index is 0.438. The molecule has 0 aliphatic heterocycles. The summed E-state index contributed by atoms with van der Waals surface area (Å²) in [6, 6.07) is 6.04. The van der Waals surface area contributed by atoms with Gasteiger partial charge in [0.1, 0.15) is 0 Å².